The van der Waals surface area contributed by atoms with Crippen molar-refractivity contribution in [1.82, 2.24) is 0 Å². The molecule has 0 bridgehead atoms. The summed E-state index contributed by atoms with van der Waals surface area (Å²) in [4.78, 5) is 0. The molecule has 0 spiro atoms. The molecule has 176 valence electrons. The van der Waals surface area contributed by atoms with E-state index in [4.69, 9.17) is 0 Å². The van der Waals surface area contributed by atoms with Gasteiger partial charge in [0.1, 0.15) is 0 Å². The Hall–Kier alpha value is -3.32. The van der Waals surface area contributed by atoms with Crippen LogP contribution in [0.4, 0.5) is 0 Å². The molecule has 1 heteroatoms. The SMILES string of the molecule is C[CH]=[Ti].Cc1cc2ccccc2[cH-]1.Cc1cc2ccccc2[cH-]1.[c-]1ccccc1.[c-]1ccccc1. The summed E-state index contributed by atoms with van der Waals surface area (Å²) in [7, 11) is 0. The maximum Gasteiger partial charge on any atom is -0.0579 e. The van der Waals surface area contributed by atoms with Crippen LogP contribution < -0.4 is 0 Å². The zero-order chi connectivity index (χ0) is 25.1. The average molecular weight is 488 g/mol. The molecule has 0 aliphatic heterocycles. The van der Waals surface area contributed by atoms with Gasteiger partial charge in [0.15, 0.2) is 0 Å². The molecule has 0 aliphatic carbocycles. The maximum absolute atomic E-state index is 2.89. The Bertz CT molecular complexity index is 1100. The molecule has 0 aromatic heterocycles. The van der Waals surface area contributed by atoms with Crippen LogP contribution in [0.1, 0.15) is 18.1 Å². The number of hydrogen-bond donors (Lipinski definition) is 0. The molecule has 0 nitrogen and oxygen atoms in total. The Balaban J connectivity index is 0.000000163. The largest absolute Gasteiger partial charge is 0.184 e. The second kappa shape index (κ2) is 17.2. The van der Waals surface area contributed by atoms with Crippen LogP contribution in [-0.2, 0) is 20.0 Å². The molecule has 0 heterocycles. The summed E-state index contributed by atoms with van der Waals surface area (Å²) in [6.07, 6.45) is 0. The van der Waals surface area contributed by atoms with Crippen LogP contribution >= 0.6 is 0 Å². The second-order valence-corrected chi connectivity index (χ2v) is 8.67. The summed E-state index contributed by atoms with van der Waals surface area (Å²) < 4.78 is 2.00. The normalized spacial score (nSPS) is 9.09. The van der Waals surface area contributed by atoms with Crippen molar-refractivity contribution in [2.75, 3.05) is 0 Å². The smallest absolute Gasteiger partial charge is 0.0579 e. The minimum atomic E-state index is 1.35. The van der Waals surface area contributed by atoms with Gasteiger partial charge in [0, 0.05) is 0 Å². The number of benzene rings is 4. The van der Waals surface area contributed by atoms with E-state index >= 15 is 0 Å². The molecule has 0 unspecified atom stereocenters. The molecule has 35 heavy (non-hydrogen) atoms. The van der Waals surface area contributed by atoms with Crippen LogP contribution in [0.15, 0.2) is 133 Å². The van der Waals surface area contributed by atoms with Gasteiger partial charge in [-0.1, -0.05) is 26.0 Å². The van der Waals surface area contributed by atoms with E-state index in [-0.39, 0.29) is 0 Å². The molecule has 6 aromatic carbocycles. The molecule has 0 fully saturated rings. The van der Waals surface area contributed by atoms with Crippen molar-refractivity contribution in [3.8, 4) is 0 Å². The van der Waals surface area contributed by atoms with E-state index in [1.165, 1.54) is 32.7 Å². The Morgan fingerprint density at radius 1 is 0.571 bits per heavy atom. The van der Waals surface area contributed by atoms with Crippen LogP contribution in [0.5, 0.6) is 0 Å². The Kier molecular flexibility index (Phi) is 13.7. The second-order valence-electron chi connectivity index (χ2n) is 7.77. The summed E-state index contributed by atoms with van der Waals surface area (Å²) in [6.45, 7) is 6.25. The molecule has 6 rings (SSSR count). The van der Waals surface area contributed by atoms with Crippen molar-refractivity contribution in [2.24, 2.45) is 0 Å². The minimum Gasteiger partial charge on any atom is -0.184 e. The van der Waals surface area contributed by atoms with Gasteiger partial charge in [0.2, 0.25) is 0 Å². The molecule has 0 atom stereocenters. The van der Waals surface area contributed by atoms with E-state index in [2.05, 4.69) is 98.8 Å². The Morgan fingerprint density at radius 2 is 0.914 bits per heavy atom. The van der Waals surface area contributed by atoms with Gasteiger partial charge in [0.25, 0.3) is 0 Å². The molecule has 0 saturated carbocycles. The van der Waals surface area contributed by atoms with Gasteiger partial charge in [-0.2, -0.15) is 84.9 Å². The Morgan fingerprint density at radius 3 is 1.17 bits per heavy atom. The first-order chi connectivity index (χ1) is 17.1. The fourth-order valence-electron chi connectivity index (χ4n) is 3.30. The van der Waals surface area contributed by atoms with E-state index in [0.29, 0.717) is 0 Å². The third kappa shape index (κ3) is 11.6. The number of aryl methyl sites for hydroxylation is 2. The average Bonchev–Trinajstić information content (AvgIpc) is 3.48. The molecule has 0 amide bonds. The van der Waals surface area contributed by atoms with Gasteiger partial charge in [-0.15, -0.1) is 81.2 Å². The molecule has 0 N–H and O–H groups in total. The van der Waals surface area contributed by atoms with E-state index in [9.17, 15) is 0 Å². The third-order valence-corrected chi connectivity index (χ3v) is 4.74. The zero-order valence-corrected chi connectivity index (χ0v) is 22.3. The molecule has 0 radical (unpaired) electrons. The number of hydrogen-bond acceptors (Lipinski definition) is 0. The van der Waals surface area contributed by atoms with Crippen LogP contribution in [0.2, 0.25) is 0 Å². The summed E-state index contributed by atoms with van der Waals surface area (Å²) >= 11 is 2.00. The fourth-order valence-corrected chi connectivity index (χ4v) is 3.30. The minimum absolute atomic E-state index is 1.35. The van der Waals surface area contributed by atoms with Crippen LogP contribution in [-0.4, -0.2) is 4.31 Å². The Labute approximate surface area is 222 Å². The molecular weight excluding hydrogens is 456 g/mol. The fraction of sp³-hybridized carbons (Fsp3) is 0.0882. The summed E-state index contributed by atoms with van der Waals surface area (Å²) in [5, 5.41) is 5.39. The van der Waals surface area contributed by atoms with Gasteiger partial charge >= 0.3 is 31.2 Å². The van der Waals surface area contributed by atoms with E-state index in [0.717, 1.165) is 0 Å². The third-order valence-electron chi connectivity index (χ3n) is 4.74. The quantitative estimate of drug-likeness (QED) is 0.148. The monoisotopic (exact) mass is 488 g/mol. The molecule has 0 aliphatic rings. The molecular formula is C34H32Ti-4. The molecule has 0 saturated heterocycles. The predicted octanol–water partition coefficient (Wildman–Crippen LogP) is 9.06. The van der Waals surface area contributed by atoms with Crippen molar-refractivity contribution in [3.63, 3.8) is 0 Å². The topological polar surface area (TPSA) is 0 Å². The maximum atomic E-state index is 2.89. The van der Waals surface area contributed by atoms with Crippen molar-refractivity contribution < 1.29 is 20.0 Å². The first-order valence-corrected chi connectivity index (χ1v) is 12.6. The molecule has 6 aromatic rings. The van der Waals surface area contributed by atoms with Crippen LogP contribution in [0.3, 0.4) is 0 Å². The van der Waals surface area contributed by atoms with Gasteiger partial charge < -0.3 is 0 Å². The van der Waals surface area contributed by atoms with Crippen LogP contribution in [0, 0.1) is 26.0 Å². The van der Waals surface area contributed by atoms with Gasteiger partial charge in [-0.3, -0.25) is 0 Å². The van der Waals surface area contributed by atoms with Gasteiger partial charge in [-0.25, -0.2) is 0 Å². The van der Waals surface area contributed by atoms with Gasteiger partial charge in [-0.05, 0) is 0 Å². The summed E-state index contributed by atoms with van der Waals surface area (Å²) in [5.74, 6) is 0. The predicted molar refractivity (Wildman–Crippen MR) is 151 cm³/mol. The summed E-state index contributed by atoms with van der Waals surface area (Å²) in [5.41, 5.74) is 2.70. The van der Waals surface area contributed by atoms with Gasteiger partial charge in [0.05, 0.1) is 0 Å². The summed E-state index contributed by atoms with van der Waals surface area (Å²) in [6, 6.07) is 50.7. The first kappa shape index (κ1) is 27.9. The first-order valence-electron chi connectivity index (χ1n) is 11.7. The van der Waals surface area contributed by atoms with Crippen LogP contribution in [0.25, 0.3) is 21.5 Å². The van der Waals surface area contributed by atoms with Crippen molar-refractivity contribution in [1.29, 1.82) is 0 Å². The number of fused-ring (bicyclic) bond motifs is 2. The van der Waals surface area contributed by atoms with Crippen molar-refractivity contribution >= 4 is 25.9 Å². The van der Waals surface area contributed by atoms with Crippen molar-refractivity contribution in [3.05, 3.63) is 157 Å². The van der Waals surface area contributed by atoms with E-state index in [1.807, 2.05) is 91.9 Å². The standard InChI is InChI=1S/2C10H9.2C6H5.C2H4.Ti/c2*1-8-6-9-4-2-3-5-10(9)7-8;2*1-2-4-6-5-3-1;1-2;/h2*2-7H,1H3;2*1-5H;1H,2H3;/q4*-1;;. The number of rotatable bonds is 0. The van der Waals surface area contributed by atoms with E-state index < -0.39 is 0 Å². The zero-order valence-electron chi connectivity index (χ0n) is 20.8. The van der Waals surface area contributed by atoms with Crippen molar-refractivity contribution in [2.45, 2.75) is 20.8 Å². The van der Waals surface area contributed by atoms with E-state index in [1.54, 1.807) is 0 Å².